The highest BCUT2D eigenvalue weighted by Crippen LogP contribution is 2.12. The molecule has 0 heterocycles. The molecular formula is C11H14O3. The minimum Gasteiger partial charge on any atom is -0.295 e. The summed E-state index contributed by atoms with van der Waals surface area (Å²) in [5.41, 5.74) is 1.37. The van der Waals surface area contributed by atoms with Crippen molar-refractivity contribution in [1.29, 1.82) is 0 Å². The molecule has 0 spiro atoms. The summed E-state index contributed by atoms with van der Waals surface area (Å²) in [5, 5.41) is 8.29. The van der Waals surface area contributed by atoms with Crippen molar-refractivity contribution in [2.75, 3.05) is 0 Å². The first-order chi connectivity index (χ1) is 6.79. The first-order valence-corrected chi connectivity index (χ1v) is 4.73. The number of benzene rings is 1. The Hall–Kier alpha value is -1.35. The van der Waals surface area contributed by atoms with Crippen LogP contribution in [0.2, 0.25) is 0 Å². The second-order valence-corrected chi connectivity index (χ2v) is 3.14. The monoisotopic (exact) mass is 194 g/mol. The molecule has 14 heavy (non-hydrogen) atoms. The van der Waals surface area contributed by atoms with E-state index in [9.17, 15) is 4.79 Å². The lowest BCUT2D eigenvalue weighted by molar-refractivity contribution is -0.182. The predicted octanol–water partition coefficient (Wildman–Crippen LogP) is 2.66. The Morgan fingerprint density at radius 2 is 2.14 bits per heavy atom. The van der Waals surface area contributed by atoms with Crippen LogP contribution in [0.4, 0.5) is 0 Å². The zero-order valence-electron chi connectivity index (χ0n) is 8.19. The number of aryl methyl sites for hydroxylation is 1. The highest BCUT2D eigenvalue weighted by molar-refractivity contribution is 5.90. The Labute approximate surface area is 83.3 Å². The van der Waals surface area contributed by atoms with Gasteiger partial charge < -0.3 is 0 Å². The molecular weight excluding hydrogens is 180 g/mol. The van der Waals surface area contributed by atoms with Gasteiger partial charge in [-0.2, -0.15) is 5.26 Å². The summed E-state index contributed by atoms with van der Waals surface area (Å²) < 4.78 is 0. The average Bonchev–Trinajstić information content (AvgIpc) is 2.25. The first-order valence-electron chi connectivity index (χ1n) is 4.73. The van der Waals surface area contributed by atoms with Gasteiger partial charge in [0, 0.05) is 0 Å². The summed E-state index contributed by atoms with van der Waals surface area (Å²) in [6.07, 6.45) is 2.93. The summed E-state index contributed by atoms with van der Waals surface area (Å²) >= 11 is 0. The van der Waals surface area contributed by atoms with Crippen molar-refractivity contribution < 1.29 is 14.9 Å². The zero-order valence-corrected chi connectivity index (χ0v) is 8.19. The van der Waals surface area contributed by atoms with E-state index in [1.807, 2.05) is 12.1 Å². The molecule has 0 saturated heterocycles. The molecule has 0 bridgehead atoms. The molecule has 0 amide bonds. The molecule has 3 nitrogen and oxygen atoms in total. The van der Waals surface area contributed by atoms with Crippen LogP contribution in [0.25, 0.3) is 0 Å². The van der Waals surface area contributed by atoms with Crippen molar-refractivity contribution in [3.63, 3.8) is 0 Å². The second kappa shape index (κ2) is 5.40. The maximum Gasteiger partial charge on any atom is 0.373 e. The van der Waals surface area contributed by atoms with Crippen LogP contribution in [-0.2, 0) is 11.3 Å². The minimum atomic E-state index is -0.684. The van der Waals surface area contributed by atoms with E-state index in [1.165, 1.54) is 0 Å². The molecule has 1 aromatic carbocycles. The summed E-state index contributed by atoms with van der Waals surface area (Å²) in [5.74, 6) is -0.684. The summed E-state index contributed by atoms with van der Waals surface area (Å²) in [6.45, 7) is 2.09. The molecule has 1 rings (SSSR count). The number of carbonyl (C=O) groups is 1. The normalized spacial score (nSPS) is 9.86. The van der Waals surface area contributed by atoms with E-state index in [0.29, 0.717) is 5.56 Å². The van der Waals surface area contributed by atoms with Crippen LogP contribution in [0.1, 0.15) is 35.7 Å². The van der Waals surface area contributed by atoms with Crippen LogP contribution in [0.5, 0.6) is 0 Å². The molecule has 1 aromatic rings. The van der Waals surface area contributed by atoms with E-state index in [2.05, 4.69) is 11.8 Å². The van der Waals surface area contributed by atoms with Gasteiger partial charge >= 0.3 is 5.97 Å². The van der Waals surface area contributed by atoms with E-state index in [1.54, 1.807) is 12.1 Å². The van der Waals surface area contributed by atoms with Gasteiger partial charge in [-0.25, -0.2) is 4.79 Å². The minimum absolute atomic E-state index is 0.448. The molecule has 3 heteroatoms. The molecule has 0 aromatic heterocycles. The van der Waals surface area contributed by atoms with Crippen LogP contribution in [0.15, 0.2) is 24.3 Å². The second-order valence-electron chi connectivity index (χ2n) is 3.14. The summed E-state index contributed by atoms with van der Waals surface area (Å²) in [4.78, 5) is 14.8. The fourth-order valence-electron chi connectivity index (χ4n) is 1.35. The van der Waals surface area contributed by atoms with Gasteiger partial charge in [-0.3, -0.25) is 4.89 Å². The summed E-state index contributed by atoms with van der Waals surface area (Å²) in [7, 11) is 0. The fourth-order valence-corrected chi connectivity index (χ4v) is 1.35. The third kappa shape index (κ3) is 2.57. The van der Waals surface area contributed by atoms with Gasteiger partial charge in [-0.05, 0) is 24.5 Å². The maximum absolute atomic E-state index is 11.1. The highest BCUT2D eigenvalue weighted by Gasteiger charge is 2.11. The Kier molecular flexibility index (Phi) is 4.13. The number of carbonyl (C=O) groups excluding carboxylic acids is 1. The molecule has 0 aliphatic heterocycles. The number of hydrogen-bond acceptors (Lipinski definition) is 3. The largest absolute Gasteiger partial charge is 0.373 e. The molecule has 0 radical (unpaired) electrons. The van der Waals surface area contributed by atoms with E-state index in [4.69, 9.17) is 5.26 Å². The van der Waals surface area contributed by atoms with E-state index >= 15 is 0 Å². The van der Waals surface area contributed by atoms with Crippen molar-refractivity contribution in [3.8, 4) is 0 Å². The fraction of sp³-hybridized carbons (Fsp3) is 0.364. The summed E-state index contributed by atoms with van der Waals surface area (Å²) in [6, 6.07) is 7.16. The van der Waals surface area contributed by atoms with E-state index in [0.717, 1.165) is 24.8 Å². The van der Waals surface area contributed by atoms with Gasteiger partial charge in [0.1, 0.15) is 0 Å². The van der Waals surface area contributed by atoms with Gasteiger partial charge in [-0.15, -0.1) is 0 Å². The van der Waals surface area contributed by atoms with Crippen LogP contribution >= 0.6 is 0 Å². The molecule has 0 atom stereocenters. The number of rotatable bonds is 4. The lowest BCUT2D eigenvalue weighted by Gasteiger charge is -2.05. The average molecular weight is 194 g/mol. The van der Waals surface area contributed by atoms with E-state index in [-0.39, 0.29) is 0 Å². The Balaban J connectivity index is 2.85. The standard InChI is InChI=1S/C11H14O3/c1-2-3-6-9-7-4-5-8-10(9)11(12)14-13/h4-5,7-8,13H,2-3,6H2,1H3. The molecule has 0 aliphatic carbocycles. The van der Waals surface area contributed by atoms with Crippen LogP contribution in [0.3, 0.4) is 0 Å². The maximum atomic E-state index is 11.1. The van der Waals surface area contributed by atoms with Gasteiger partial charge in [0.25, 0.3) is 0 Å². The smallest absolute Gasteiger partial charge is 0.295 e. The Bertz CT molecular complexity index is 307. The van der Waals surface area contributed by atoms with Gasteiger partial charge in [0.15, 0.2) is 0 Å². The van der Waals surface area contributed by atoms with Crippen molar-refractivity contribution in [2.45, 2.75) is 26.2 Å². The SMILES string of the molecule is CCCCc1ccccc1C(=O)OO. The third-order valence-corrected chi connectivity index (χ3v) is 2.12. The van der Waals surface area contributed by atoms with E-state index < -0.39 is 5.97 Å². The van der Waals surface area contributed by atoms with Gasteiger partial charge in [0.2, 0.25) is 0 Å². The molecule has 0 fully saturated rings. The zero-order chi connectivity index (χ0) is 10.4. The lowest BCUT2D eigenvalue weighted by Crippen LogP contribution is -2.05. The topological polar surface area (TPSA) is 46.5 Å². The van der Waals surface area contributed by atoms with Crippen molar-refractivity contribution in [1.82, 2.24) is 0 Å². The molecule has 0 unspecified atom stereocenters. The Morgan fingerprint density at radius 3 is 2.79 bits per heavy atom. The molecule has 0 saturated carbocycles. The van der Waals surface area contributed by atoms with Crippen LogP contribution in [-0.4, -0.2) is 11.2 Å². The molecule has 1 N–H and O–H groups in total. The Morgan fingerprint density at radius 1 is 1.43 bits per heavy atom. The first kappa shape index (κ1) is 10.7. The van der Waals surface area contributed by atoms with Gasteiger partial charge in [0.05, 0.1) is 5.56 Å². The van der Waals surface area contributed by atoms with Crippen LogP contribution < -0.4 is 0 Å². The van der Waals surface area contributed by atoms with Crippen molar-refractivity contribution >= 4 is 5.97 Å². The van der Waals surface area contributed by atoms with Crippen LogP contribution in [0, 0.1) is 0 Å². The van der Waals surface area contributed by atoms with Gasteiger partial charge in [-0.1, -0.05) is 31.5 Å². The lowest BCUT2D eigenvalue weighted by atomic mass is 10.0. The highest BCUT2D eigenvalue weighted by atomic mass is 17.1. The molecule has 0 aliphatic rings. The van der Waals surface area contributed by atoms with Crippen molar-refractivity contribution in [2.24, 2.45) is 0 Å². The number of unbranched alkanes of at least 4 members (excludes halogenated alkanes) is 1. The number of hydrogen-bond donors (Lipinski definition) is 1. The predicted molar refractivity (Wildman–Crippen MR) is 53.1 cm³/mol. The molecule has 76 valence electrons. The quantitative estimate of drug-likeness (QED) is 0.592. The van der Waals surface area contributed by atoms with Crippen molar-refractivity contribution in [3.05, 3.63) is 35.4 Å². The third-order valence-electron chi connectivity index (χ3n) is 2.12.